The van der Waals surface area contributed by atoms with Crippen LogP contribution in [0, 0.1) is 11.3 Å². The maximum atomic E-state index is 12.0. The molecule has 0 spiro atoms. The van der Waals surface area contributed by atoms with Crippen LogP contribution in [-0.4, -0.2) is 15.8 Å². The Morgan fingerprint density at radius 2 is 2.21 bits per heavy atom. The van der Waals surface area contributed by atoms with E-state index in [2.05, 4.69) is 0 Å². The average Bonchev–Trinajstić information content (AvgIpc) is 2.50. The number of nitriles is 1. The molecule has 0 bridgehead atoms. The third-order valence-electron chi connectivity index (χ3n) is 1.65. The number of halogens is 3. The van der Waals surface area contributed by atoms with Crippen molar-refractivity contribution in [2.75, 3.05) is 0 Å². The molecule has 0 aliphatic rings. The van der Waals surface area contributed by atoms with Gasteiger partial charge in [-0.1, -0.05) is 0 Å². The van der Waals surface area contributed by atoms with Crippen molar-refractivity contribution in [2.45, 2.75) is 18.8 Å². The van der Waals surface area contributed by atoms with E-state index in [1.807, 2.05) is 0 Å². The predicted octanol–water partition coefficient (Wildman–Crippen LogP) is 1.61. The van der Waals surface area contributed by atoms with E-state index < -0.39 is 12.3 Å². The quantitative estimate of drug-likeness (QED) is 0.795. The first-order chi connectivity index (χ1) is 6.45. The number of aliphatic hydroxyl groups is 1. The number of rotatable bonds is 2. The van der Waals surface area contributed by atoms with Crippen LogP contribution < -0.4 is 0 Å². The topological polar surface area (TPSA) is 49.0 Å². The van der Waals surface area contributed by atoms with Crippen molar-refractivity contribution in [3.63, 3.8) is 0 Å². The van der Waals surface area contributed by atoms with E-state index in [1.165, 1.54) is 10.8 Å². The highest BCUT2D eigenvalue weighted by Crippen LogP contribution is 2.32. The molecule has 0 amide bonds. The minimum absolute atomic E-state index is 0.0371. The van der Waals surface area contributed by atoms with E-state index in [0.717, 1.165) is 12.3 Å². The van der Waals surface area contributed by atoms with Crippen molar-refractivity contribution >= 4 is 0 Å². The summed E-state index contributed by atoms with van der Waals surface area (Å²) < 4.78 is 37.3. The molecule has 1 heterocycles. The number of alkyl halides is 3. The van der Waals surface area contributed by atoms with Gasteiger partial charge in [-0.15, -0.1) is 0 Å². The van der Waals surface area contributed by atoms with Gasteiger partial charge in [0.05, 0.1) is 6.07 Å². The zero-order valence-electron chi connectivity index (χ0n) is 6.99. The molecule has 0 aromatic carbocycles. The van der Waals surface area contributed by atoms with E-state index >= 15 is 0 Å². The van der Waals surface area contributed by atoms with Crippen LogP contribution in [0.1, 0.15) is 11.7 Å². The van der Waals surface area contributed by atoms with E-state index in [0.29, 0.717) is 0 Å². The minimum Gasteiger partial charge on any atom is -0.379 e. The Morgan fingerprint density at radius 3 is 2.71 bits per heavy atom. The number of hydrogen-bond acceptors (Lipinski definition) is 2. The molecule has 76 valence electrons. The predicted molar refractivity (Wildman–Crippen MR) is 41.1 cm³/mol. The zero-order valence-corrected chi connectivity index (χ0v) is 6.99. The van der Waals surface area contributed by atoms with Crippen LogP contribution in [0.3, 0.4) is 0 Å². The average molecular weight is 204 g/mol. The molecule has 1 N–H and O–H groups in total. The molecule has 0 saturated carbocycles. The molecule has 0 aliphatic heterocycles. The van der Waals surface area contributed by atoms with Gasteiger partial charge in [0.25, 0.3) is 0 Å². The molecule has 1 aromatic heterocycles. The van der Waals surface area contributed by atoms with E-state index in [-0.39, 0.29) is 12.1 Å². The molecule has 3 nitrogen and oxygen atoms in total. The lowest BCUT2D eigenvalue weighted by atomic mass is 10.2. The Hall–Kier alpha value is -1.48. The van der Waals surface area contributed by atoms with Crippen molar-refractivity contribution in [2.24, 2.45) is 0 Å². The van der Waals surface area contributed by atoms with Gasteiger partial charge in [-0.05, 0) is 6.07 Å². The number of aliphatic hydroxyl groups excluding tert-OH is 1. The molecule has 1 unspecified atom stereocenters. The number of nitrogens with zero attached hydrogens (tertiary/aromatic N) is 2. The number of aromatic nitrogens is 1. The summed E-state index contributed by atoms with van der Waals surface area (Å²) in [6, 6.07) is 2.91. The molecule has 14 heavy (non-hydrogen) atoms. The first-order valence-electron chi connectivity index (χ1n) is 3.72. The second-order valence-electron chi connectivity index (χ2n) is 2.72. The standard InChI is InChI=1S/C8H7F3N2O/c9-8(10,11)7(14)6-1-3-13(5-6)4-2-12/h1,3,5,7,14H,4H2. The lowest BCUT2D eigenvalue weighted by Crippen LogP contribution is -2.19. The summed E-state index contributed by atoms with van der Waals surface area (Å²) in [5, 5.41) is 17.1. The fourth-order valence-electron chi connectivity index (χ4n) is 0.990. The second-order valence-corrected chi connectivity index (χ2v) is 2.72. The third-order valence-corrected chi connectivity index (χ3v) is 1.65. The van der Waals surface area contributed by atoms with Crippen molar-refractivity contribution in [1.29, 1.82) is 5.26 Å². The Balaban J connectivity index is 2.82. The van der Waals surface area contributed by atoms with Gasteiger partial charge in [-0.2, -0.15) is 18.4 Å². The minimum atomic E-state index is -4.67. The van der Waals surface area contributed by atoms with Crippen LogP contribution >= 0.6 is 0 Å². The normalized spacial score (nSPS) is 13.6. The van der Waals surface area contributed by atoms with Gasteiger partial charge in [-0.25, -0.2) is 0 Å². The summed E-state index contributed by atoms with van der Waals surface area (Å²) in [5.74, 6) is 0. The highest BCUT2D eigenvalue weighted by atomic mass is 19.4. The molecule has 0 saturated heterocycles. The van der Waals surface area contributed by atoms with Crippen molar-refractivity contribution < 1.29 is 18.3 Å². The lowest BCUT2D eigenvalue weighted by Gasteiger charge is -2.12. The molecule has 0 fully saturated rings. The van der Waals surface area contributed by atoms with Gasteiger partial charge < -0.3 is 9.67 Å². The molecular formula is C8H7F3N2O. The number of hydrogen-bond donors (Lipinski definition) is 1. The smallest absolute Gasteiger partial charge is 0.379 e. The van der Waals surface area contributed by atoms with E-state index in [4.69, 9.17) is 10.4 Å². The monoisotopic (exact) mass is 204 g/mol. The van der Waals surface area contributed by atoms with Crippen LogP contribution in [-0.2, 0) is 6.54 Å². The van der Waals surface area contributed by atoms with Gasteiger partial charge >= 0.3 is 6.18 Å². The molecule has 0 aliphatic carbocycles. The van der Waals surface area contributed by atoms with Gasteiger partial charge in [-0.3, -0.25) is 0 Å². The lowest BCUT2D eigenvalue weighted by molar-refractivity contribution is -0.206. The van der Waals surface area contributed by atoms with E-state index in [9.17, 15) is 13.2 Å². The summed E-state index contributed by atoms with van der Waals surface area (Å²) >= 11 is 0. The molecule has 1 atom stereocenters. The Kier molecular flexibility index (Phi) is 2.81. The maximum absolute atomic E-state index is 12.0. The first kappa shape index (κ1) is 10.6. The summed E-state index contributed by atoms with van der Waals surface area (Å²) in [5.41, 5.74) is -0.257. The fraction of sp³-hybridized carbons (Fsp3) is 0.375. The van der Waals surface area contributed by atoms with Crippen molar-refractivity contribution in [3.05, 3.63) is 24.0 Å². The summed E-state index contributed by atoms with van der Waals surface area (Å²) in [4.78, 5) is 0. The second kappa shape index (κ2) is 3.72. The third kappa shape index (κ3) is 2.26. The maximum Gasteiger partial charge on any atom is 0.418 e. The van der Waals surface area contributed by atoms with Crippen LogP contribution in [0.15, 0.2) is 18.5 Å². The van der Waals surface area contributed by atoms with E-state index in [1.54, 1.807) is 6.07 Å². The Bertz CT molecular complexity index is 350. The highest BCUT2D eigenvalue weighted by molar-refractivity contribution is 5.15. The Labute approximate surface area is 78.0 Å². The highest BCUT2D eigenvalue weighted by Gasteiger charge is 2.39. The summed E-state index contributed by atoms with van der Waals surface area (Å²) in [6.45, 7) is -0.0371. The summed E-state index contributed by atoms with van der Waals surface area (Å²) in [6.07, 6.45) is -4.74. The molecule has 0 radical (unpaired) electrons. The van der Waals surface area contributed by atoms with Gasteiger partial charge in [0.1, 0.15) is 6.54 Å². The largest absolute Gasteiger partial charge is 0.418 e. The molecule has 1 rings (SSSR count). The van der Waals surface area contributed by atoms with Gasteiger partial charge in [0, 0.05) is 18.0 Å². The van der Waals surface area contributed by atoms with Gasteiger partial charge in [0.2, 0.25) is 0 Å². The zero-order chi connectivity index (χ0) is 10.8. The van der Waals surface area contributed by atoms with Crippen LogP contribution in [0.2, 0.25) is 0 Å². The fourth-order valence-corrected chi connectivity index (χ4v) is 0.990. The molecular weight excluding hydrogens is 197 g/mol. The van der Waals surface area contributed by atoms with Gasteiger partial charge in [0.15, 0.2) is 6.10 Å². The molecule has 1 aromatic rings. The summed E-state index contributed by atoms with van der Waals surface area (Å²) in [7, 11) is 0. The first-order valence-corrected chi connectivity index (χ1v) is 3.72. The molecule has 6 heteroatoms. The van der Waals surface area contributed by atoms with Crippen molar-refractivity contribution in [1.82, 2.24) is 4.57 Å². The van der Waals surface area contributed by atoms with Crippen molar-refractivity contribution in [3.8, 4) is 6.07 Å². The SMILES string of the molecule is N#CCn1ccc(C(O)C(F)(F)F)c1. The van der Waals surface area contributed by atoms with Crippen LogP contribution in [0.5, 0.6) is 0 Å². The van der Waals surface area contributed by atoms with Crippen LogP contribution in [0.4, 0.5) is 13.2 Å². The van der Waals surface area contributed by atoms with Crippen LogP contribution in [0.25, 0.3) is 0 Å². The Morgan fingerprint density at radius 1 is 1.57 bits per heavy atom.